The Morgan fingerprint density at radius 2 is 1.82 bits per heavy atom. The van der Waals surface area contributed by atoms with Gasteiger partial charge in [0.15, 0.2) is 0 Å². The fourth-order valence-electron chi connectivity index (χ4n) is 1.08. The van der Waals surface area contributed by atoms with Gasteiger partial charge in [-0.3, -0.25) is 4.79 Å². The summed E-state index contributed by atoms with van der Waals surface area (Å²) in [7, 11) is -4.57. The Balaban J connectivity index is 2.93. The van der Waals surface area contributed by atoms with Gasteiger partial charge in [-0.1, -0.05) is 6.92 Å². The first-order valence-corrected chi connectivity index (χ1v) is 6.34. The molecule has 1 rings (SSSR count). The van der Waals surface area contributed by atoms with Crippen molar-refractivity contribution >= 4 is 21.4 Å². The molecule has 0 aromatic heterocycles. The summed E-state index contributed by atoms with van der Waals surface area (Å²) in [6.45, 7) is 1.66. The molecule has 0 heterocycles. The van der Waals surface area contributed by atoms with Crippen molar-refractivity contribution in [2.75, 3.05) is 5.32 Å². The van der Waals surface area contributed by atoms with Gasteiger partial charge in [-0.15, -0.1) is 0 Å². The summed E-state index contributed by atoms with van der Waals surface area (Å²) in [4.78, 5) is 10.6. The smallest absolute Gasteiger partial charge is 0.326 e. The minimum Gasteiger partial charge on any atom is -0.326 e. The first-order chi connectivity index (χ1) is 7.87. The largest absolute Gasteiger partial charge is 0.341 e. The van der Waals surface area contributed by atoms with Crippen LogP contribution in [0.2, 0.25) is 0 Å². The number of anilines is 1. The highest BCUT2D eigenvalue weighted by molar-refractivity contribution is 7.91. The Morgan fingerprint density at radius 3 is 2.24 bits per heavy atom. The topological polar surface area (TPSA) is 63.2 Å². The van der Waals surface area contributed by atoms with Gasteiger partial charge in [0.05, 0.1) is 4.90 Å². The van der Waals surface area contributed by atoms with Crippen LogP contribution in [0.15, 0.2) is 29.2 Å². The molecule has 7 heteroatoms. The van der Waals surface area contributed by atoms with Crippen LogP contribution in [0.4, 0.5) is 14.5 Å². The number of hydrogen-bond donors (Lipinski definition) is 1. The van der Waals surface area contributed by atoms with Crippen LogP contribution in [0.1, 0.15) is 13.3 Å². The van der Waals surface area contributed by atoms with Crippen molar-refractivity contribution in [1.82, 2.24) is 0 Å². The molecule has 1 aromatic rings. The Labute approximate surface area is 97.6 Å². The van der Waals surface area contributed by atoms with Crippen molar-refractivity contribution in [3.05, 3.63) is 24.3 Å². The molecule has 0 bridgehead atoms. The molecule has 0 saturated heterocycles. The van der Waals surface area contributed by atoms with E-state index in [0.29, 0.717) is 5.69 Å². The highest BCUT2D eigenvalue weighted by atomic mass is 32.2. The van der Waals surface area contributed by atoms with Crippen LogP contribution in [0.5, 0.6) is 0 Å². The molecule has 0 fully saturated rings. The van der Waals surface area contributed by atoms with Gasteiger partial charge in [0.1, 0.15) is 0 Å². The first-order valence-electron chi connectivity index (χ1n) is 4.80. The van der Waals surface area contributed by atoms with Crippen molar-refractivity contribution in [1.29, 1.82) is 0 Å². The highest BCUT2D eigenvalue weighted by Crippen LogP contribution is 2.20. The number of carbonyl (C=O) groups is 1. The molecule has 1 amide bonds. The number of halogens is 2. The molecule has 4 nitrogen and oxygen atoms in total. The molecule has 0 aliphatic rings. The minimum absolute atomic E-state index is 0.241. The SMILES string of the molecule is CCC(=O)Nc1ccc(S(=O)(=O)C(F)F)cc1. The zero-order chi connectivity index (χ0) is 13.1. The summed E-state index contributed by atoms with van der Waals surface area (Å²) in [6.07, 6.45) is 0.275. The van der Waals surface area contributed by atoms with E-state index in [2.05, 4.69) is 5.32 Å². The van der Waals surface area contributed by atoms with Gasteiger partial charge in [0.25, 0.3) is 0 Å². The number of hydrogen-bond acceptors (Lipinski definition) is 3. The van der Waals surface area contributed by atoms with E-state index in [-0.39, 0.29) is 12.3 Å². The van der Waals surface area contributed by atoms with Crippen molar-refractivity contribution < 1.29 is 22.0 Å². The molecule has 0 spiro atoms. The number of amides is 1. The monoisotopic (exact) mass is 263 g/mol. The average Bonchev–Trinajstić information content (AvgIpc) is 2.29. The maximum Gasteiger partial charge on any atom is 0.341 e. The summed E-state index contributed by atoms with van der Waals surface area (Å²) in [6, 6.07) is 4.60. The second kappa shape index (κ2) is 5.22. The summed E-state index contributed by atoms with van der Waals surface area (Å²) < 4.78 is 46.6. The molecule has 0 saturated carbocycles. The summed E-state index contributed by atoms with van der Waals surface area (Å²) in [5.74, 6) is -3.69. The normalized spacial score (nSPS) is 11.5. The summed E-state index contributed by atoms with van der Waals surface area (Å²) in [5.41, 5.74) is 0.366. The van der Waals surface area contributed by atoms with E-state index in [1.165, 1.54) is 12.1 Å². The van der Waals surface area contributed by atoms with E-state index in [9.17, 15) is 22.0 Å². The second-order valence-corrected chi connectivity index (χ2v) is 5.15. The third-order valence-electron chi connectivity index (χ3n) is 2.02. The van der Waals surface area contributed by atoms with Crippen LogP contribution < -0.4 is 5.32 Å². The average molecular weight is 263 g/mol. The standard InChI is InChI=1S/C10H11F2NO3S/c1-2-9(14)13-7-3-5-8(6-4-7)17(15,16)10(11)12/h3-6,10H,2H2,1H3,(H,13,14). The van der Waals surface area contributed by atoms with E-state index < -0.39 is 20.5 Å². The molecule has 1 N–H and O–H groups in total. The van der Waals surface area contributed by atoms with Crippen molar-refractivity contribution in [2.45, 2.75) is 24.0 Å². The fraction of sp³-hybridized carbons (Fsp3) is 0.300. The van der Waals surface area contributed by atoms with Crippen LogP contribution in [0.25, 0.3) is 0 Å². The van der Waals surface area contributed by atoms with Gasteiger partial charge >= 0.3 is 5.76 Å². The molecular formula is C10H11F2NO3S. The third kappa shape index (κ3) is 3.23. The molecule has 0 atom stereocenters. The summed E-state index contributed by atoms with van der Waals surface area (Å²) in [5, 5.41) is 2.48. The van der Waals surface area contributed by atoms with Gasteiger partial charge in [0, 0.05) is 12.1 Å². The van der Waals surface area contributed by atoms with Crippen LogP contribution in [0.3, 0.4) is 0 Å². The maximum absolute atomic E-state index is 12.2. The fourth-order valence-corrected chi connectivity index (χ4v) is 1.80. The third-order valence-corrected chi connectivity index (χ3v) is 3.42. The van der Waals surface area contributed by atoms with E-state index in [1.807, 2.05) is 0 Å². The van der Waals surface area contributed by atoms with Gasteiger partial charge in [-0.25, -0.2) is 8.42 Å². The lowest BCUT2D eigenvalue weighted by Crippen LogP contribution is -2.12. The van der Waals surface area contributed by atoms with Crippen molar-refractivity contribution in [2.24, 2.45) is 0 Å². The van der Waals surface area contributed by atoms with Crippen molar-refractivity contribution in [3.8, 4) is 0 Å². The lowest BCUT2D eigenvalue weighted by atomic mass is 10.3. The molecule has 0 aliphatic carbocycles. The Morgan fingerprint density at radius 1 is 1.29 bits per heavy atom. The number of nitrogens with one attached hydrogen (secondary N) is 1. The molecule has 0 aliphatic heterocycles. The molecule has 0 radical (unpaired) electrons. The Kier molecular flexibility index (Phi) is 4.17. The predicted molar refractivity (Wildman–Crippen MR) is 58.6 cm³/mol. The molecule has 17 heavy (non-hydrogen) atoms. The molecular weight excluding hydrogens is 252 g/mol. The maximum atomic E-state index is 12.2. The molecule has 0 unspecified atom stereocenters. The van der Waals surface area contributed by atoms with Crippen LogP contribution >= 0.6 is 0 Å². The zero-order valence-corrected chi connectivity index (χ0v) is 9.80. The Bertz CT molecular complexity index is 497. The quantitative estimate of drug-likeness (QED) is 0.904. The molecule has 94 valence electrons. The summed E-state index contributed by atoms with van der Waals surface area (Å²) >= 11 is 0. The van der Waals surface area contributed by atoms with E-state index >= 15 is 0 Å². The van der Waals surface area contributed by atoms with Crippen LogP contribution in [0, 0.1) is 0 Å². The van der Waals surface area contributed by atoms with Gasteiger partial charge < -0.3 is 5.32 Å². The van der Waals surface area contributed by atoms with E-state index in [0.717, 1.165) is 12.1 Å². The number of alkyl halides is 2. The highest BCUT2D eigenvalue weighted by Gasteiger charge is 2.26. The number of benzene rings is 1. The number of rotatable bonds is 4. The van der Waals surface area contributed by atoms with Crippen LogP contribution in [-0.4, -0.2) is 20.1 Å². The lowest BCUT2D eigenvalue weighted by molar-refractivity contribution is -0.115. The van der Waals surface area contributed by atoms with Crippen molar-refractivity contribution in [3.63, 3.8) is 0 Å². The first kappa shape index (κ1) is 13.6. The second-order valence-electron chi connectivity index (χ2n) is 3.23. The number of sulfone groups is 1. The lowest BCUT2D eigenvalue weighted by Gasteiger charge is -2.05. The van der Waals surface area contributed by atoms with E-state index in [1.54, 1.807) is 6.92 Å². The minimum atomic E-state index is -4.57. The zero-order valence-electron chi connectivity index (χ0n) is 8.98. The van der Waals surface area contributed by atoms with Gasteiger partial charge in [-0.2, -0.15) is 8.78 Å². The van der Waals surface area contributed by atoms with Gasteiger partial charge in [0.2, 0.25) is 15.7 Å². The number of carbonyl (C=O) groups excluding carboxylic acids is 1. The Hall–Kier alpha value is -1.50. The predicted octanol–water partition coefficient (Wildman–Crippen LogP) is 2.03. The molecule has 1 aromatic carbocycles. The van der Waals surface area contributed by atoms with E-state index in [4.69, 9.17) is 0 Å². The van der Waals surface area contributed by atoms with Crippen LogP contribution in [-0.2, 0) is 14.6 Å². The van der Waals surface area contributed by atoms with Gasteiger partial charge in [-0.05, 0) is 24.3 Å².